The monoisotopic (exact) mass is 325 g/mol. The van der Waals surface area contributed by atoms with Crippen LogP contribution in [0.4, 0.5) is 0 Å². The maximum Gasteiger partial charge on any atom is 0.338 e. The van der Waals surface area contributed by atoms with E-state index in [1.165, 1.54) is 13.2 Å². The molecular formula is C19H19NO4. The second-order valence-electron chi connectivity index (χ2n) is 6.26. The summed E-state index contributed by atoms with van der Waals surface area (Å²) >= 11 is 0. The minimum absolute atomic E-state index is 0.0259. The van der Waals surface area contributed by atoms with Crippen molar-refractivity contribution in [2.24, 2.45) is 0 Å². The van der Waals surface area contributed by atoms with E-state index in [4.69, 9.17) is 4.74 Å². The van der Waals surface area contributed by atoms with Crippen LogP contribution in [0.3, 0.4) is 0 Å². The van der Waals surface area contributed by atoms with Crippen molar-refractivity contribution in [3.63, 3.8) is 0 Å². The van der Waals surface area contributed by atoms with E-state index in [0.717, 1.165) is 10.9 Å². The van der Waals surface area contributed by atoms with Gasteiger partial charge in [0.25, 0.3) is 0 Å². The molecule has 0 aliphatic rings. The van der Waals surface area contributed by atoms with E-state index in [1.54, 1.807) is 26.0 Å². The molecule has 0 bridgehead atoms. The van der Waals surface area contributed by atoms with Crippen LogP contribution < -0.4 is 0 Å². The minimum atomic E-state index is -1.04. The predicted octanol–water partition coefficient (Wildman–Crippen LogP) is 3.60. The van der Waals surface area contributed by atoms with Crippen LogP contribution >= 0.6 is 0 Å². The Morgan fingerprint density at radius 3 is 2.67 bits per heavy atom. The summed E-state index contributed by atoms with van der Waals surface area (Å²) < 4.78 is 4.84. The SMILES string of the molecule is COC(=O)c1cc(O)c2[nH]c3ccccc3c2c1C=CC(C)(C)O. The summed E-state index contributed by atoms with van der Waals surface area (Å²) in [5, 5.41) is 21.9. The van der Waals surface area contributed by atoms with Crippen LogP contribution in [0.15, 0.2) is 36.4 Å². The zero-order valence-electron chi connectivity index (χ0n) is 13.8. The third kappa shape index (κ3) is 2.74. The van der Waals surface area contributed by atoms with Gasteiger partial charge >= 0.3 is 5.97 Å². The van der Waals surface area contributed by atoms with Gasteiger partial charge in [-0.15, -0.1) is 0 Å². The summed E-state index contributed by atoms with van der Waals surface area (Å²) in [7, 11) is 1.29. The number of phenols is 1. The van der Waals surface area contributed by atoms with Crippen LogP contribution in [-0.4, -0.2) is 33.9 Å². The molecule has 1 heterocycles. The molecule has 1 aromatic heterocycles. The largest absolute Gasteiger partial charge is 0.506 e. The van der Waals surface area contributed by atoms with Crippen molar-refractivity contribution >= 4 is 33.9 Å². The average molecular weight is 325 g/mol. The highest BCUT2D eigenvalue weighted by Crippen LogP contribution is 2.37. The van der Waals surface area contributed by atoms with Crippen LogP contribution in [0.25, 0.3) is 27.9 Å². The van der Waals surface area contributed by atoms with Crippen LogP contribution in [0.5, 0.6) is 5.75 Å². The summed E-state index contributed by atoms with van der Waals surface area (Å²) in [6.07, 6.45) is 3.29. The normalized spacial score (nSPS) is 12.3. The maximum absolute atomic E-state index is 12.2. The number of para-hydroxylation sites is 1. The van der Waals surface area contributed by atoms with Crippen molar-refractivity contribution < 1.29 is 19.7 Å². The average Bonchev–Trinajstić information content (AvgIpc) is 2.92. The van der Waals surface area contributed by atoms with Crippen molar-refractivity contribution in [2.75, 3.05) is 7.11 Å². The third-order valence-corrected chi connectivity index (χ3v) is 3.87. The first kappa shape index (κ1) is 16.1. The number of benzene rings is 2. The lowest BCUT2D eigenvalue weighted by molar-refractivity contribution is 0.0600. The lowest BCUT2D eigenvalue weighted by Crippen LogP contribution is -2.13. The predicted molar refractivity (Wildman–Crippen MR) is 94.1 cm³/mol. The fraction of sp³-hybridized carbons (Fsp3) is 0.211. The molecule has 0 unspecified atom stereocenters. The molecule has 0 saturated carbocycles. The Labute approximate surface area is 139 Å². The van der Waals surface area contributed by atoms with Crippen LogP contribution in [-0.2, 0) is 4.74 Å². The Bertz CT molecular complexity index is 961. The number of hydrogen-bond donors (Lipinski definition) is 3. The Hall–Kier alpha value is -2.79. The summed E-state index contributed by atoms with van der Waals surface area (Å²) in [4.78, 5) is 15.3. The number of carbonyl (C=O) groups excluding carboxylic acids is 1. The third-order valence-electron chi connectivity index (χ3n) is 3.87. The number of aliphatic hydroxyl groups is 1. The van der Waals surface area contributed by atoms with Crippen LogP contribution in [0.2, 0.25) is 0 Å². The molecule has 24 heavy (non-hydrogen) atoms. The number of methoxy groups -OCH3 is 1. The number of nitrogens with one attached hydrogen (secondary N) is 1. The van der Waals surface area contributed by atoms with Gasteiger partial charge in [0.1, 0.15) is 5.75 Å². The van der Waals surface area contributed by atoms with Gasteiger partial charge in [-0.25, -0.2) is 4.79 Å². The van der Waals surface area contributed by atoms with Gasteiger partial charge < -0.3 is 19.9 Å². The lowest BCUT2D eigenvalue weighted by atomic mass is 9.97. The van der Waals surface area contributed by atoms with Gasteiger partial charge in [-0.3, -0.25) is 0 Å². The zero-order chi connectivity index (χ0) is 17.5. The van der Waals surface area contributed by atoms with E-state index in [-0.39, 0.29) is 11.3 Å². The molecule has 0 fully saturated rings. The van der Waals surface area contributed by atoms with Gasteiger partial charge in [0, 0.05) is 16.3 Å². The van der Waals surface area contributed by atoms with E-state index in [2.05, 4.69) is 4.98 Å². The summed E-state index contributed by atoms with van der Waals surface area (Å²) in [5.41, 5.74) is 1.19. The molecule has 0 spiro atoms. The van der Waals surface area contributed by atoms with E-state index in [0.29, 0.717) is 16.5 Å². The van der Waals surface area contributed by atoms with Gasteiger partial charge in [-0.2, -0.15) is 0 Å². The first-order valence-electron chi connectivity index (χ1n) is 7.58. The van der Waals surface area contributed by atoms with Crippen LogP contribution in [0, 0.1) is 0 Å². The molecule has 0 saturated heterocycles. The van der Waals surface area contributed by atoms with Gasteiger partial charge in [0.05, 0.1) is 23.8 Å². The number of hydrogen-bond acceptors (Lipinski definition) is 4. The topological polar surface area (TPSA) is 82.5 Å². The first-order valence-corrected chi connectivity index (χ1v) is 7.58. The second-order valence-corrected chi connectivity index (χ2v) is 6.26. The fourth-order valence-corrected chi connectivity index (χ4v) is 2.77. The van der Waals surface area contributed by atoms with Gasteiger partial charge in [0.2, 0.25) is 0 Å². The molecule has 124 valence electrons. The van der Waals surface area contributed by atoms with Gasteiger partial charge in [-0.1, -0.05) is 30.4 Å². The minimum Gasteiger partial charge on any atom is -0.506 e. The number of esters is 1. The number of carbonyl (C=O) groups is 1. The highest BCUT2D eigenvalue weighted by molar-refractivity contribution is 6.16. The highest BCUT2D eigenvalue weighted by atomic mass is 16.5. The summed E-state index contributed by atoms with van der Waals surface area (Å²) in [5.74, 6) is -0.574. The number of aromatic nitrogens is 1. The molecule has 0 amide bonds. The quantitative estimate of drug-likeness (QED) is 0.643. The maximum atomic E-state index is 12.2. The van der Waals surface area contributed by atoms with E-state index in [9.17, 15) is 15.0 Å². The number of fused-ring (bicyclic) bond motifs is 3. The van der Waals surface area contributed by atoms with Gasteiger partial charge in [-0.05, 0) is 31.5 Å². The van der Waals surface area contributed by atoms with Crippen molar-refractivity contribution in [3.8, 4) is 5.75 Å². The summed E-state index contributed by atoms with van der Waals surface area (Å²) in [6.45, 7) is 3.29. The number of aromatic amines is 1. The molecule has 0 atom stereocenters. The number of rotatable bonds is 3. The zero-order valence-corrected chi connectivity index (χ0v) is 13.8. The smallest absolute Gasteiger partial charge is 0.338 e. The molecule has 0 aliphatic heterocycles. The number of phenolic OH excluding ortho intramolecular Hbond substituents is 1. The first-order chi connectivity index (χ1) is 11.3. The van der Waals surface area contributed by atoms with Crippen molar-refractivity contribution in [1.82, 2.24) is 4.98 Å². The van der Waals surface area contributed by atoms with Gasteiger partial charge in [0.15, 0.2) is 0 Å². The molecule has 3 N–H and O–H groups in total. The molecule has 2 aromatic carbocycles. The second kappa shape index (κ2) is 5.69. The summed E-state index contributed by atoms with van der Waals surface area (Å²) in [6, 6.07) is 8.98. The molecular weight excluding hydrogens is 306 g/mol. The molecule has 3 rings (SSSR count). The molecule has 5 heteroatoms. The number of H-pyrrole nitrogens is 1. The lowest BCUT2D eigenvalue weighted by Gasteiger charge is -2.12. The van der Waals surface area contributed by atoms with Crippen molar-refractivity contribution in [2.45, 2.75) is 19.4 Å². The Morgan fingerprint density at radius 2 is 2.00 bits per heavy atom. The Morgan fingerprint density at radius 1 is 1.29 bits per heavy atom. The standard InChI is InChI=1S/C19H19NO4/c1-19(2,23)9-8-11-13(18(22)24-3)10-15(21)17-16(11)12-6-4-5-7-14(12)20-17/h4-10,20-21,23H,1-3H3. The Kier molecular flexibility index (Phi) is 3.81. The number of aromatic hydroxyl groups is 1. The number of ether oxygens (including phenoxy) is 1. The van der Waals surface area contributed by atoms with E-state index >= 15 is 0 Å². The van der Waals surface area contributed by atoms with E-state index in [1.807, 2.05) is 24.3 Å². The fourth-order valence-electron chi connectivity index (χ4n) is 2.77. The molecule has 0 radical (unpaired) electrons. The Balaban J connectivity index is 2.44. The van der Waals surface area contributed by atoms with E-state index < -0.39 is 11.6 Å². The molecule has 0 aliphatic carbocycles. The van der Waals surface area contributed by atoms with Crippen LogP contribution in [0.1, 0.15) is 29.8 Å². The van der Waals surface area contributed by atoms with Crippen molar-refractivity contribution in [3.05, 3.63) is 47.5 Å². The molecule has 3 aromatic rings. The molecule has 5 nitrogen and oxygen atoms in total. The van der Waals surface area contributed by atoms with Crippen molar-refractivity contribution in [1.29, 1.82) is 0 Å². The highest BCUT2D eigenvalue weighted by Gasteiger charge is 2.20.